The first-order valence-corrected chi connectivity index (χ1v) is 14.3. The molecule has 3 aromatic carbocycles. The molecule has 0 spiro atoms. The molecule has 0 aliphatic rings. The number of aliphatic hydroxyl groups is 2. The number of hydrogen-bond acceptors (Lipinski definition) is 6. The first kappa shape index (κ1) is 30.8. The fraction of sp³-hybridized carbons (Fsp3) is 0.250. The topological polar surface area (TPSA) is 119 Å². The Bertz CT molecular complexity index is 1630. The van der Waals surface area contributed by atoms with E-state index in [2.05, 4.69) is 38.3 Å². The lowest BCUT2D eigenvalue weighted by molar-refractivity contribution is -0.384. The molecule has 0 saturated carbocycles. The highest BCUT2D eigenvalue weighted by molar-refractivity contribution is 9.10. The van der Waals surface area contributed by atoms with Crippen LogP contribution in [0.1, 0.15) is 60.0 Å². The molecule has 0 radical (unpaired) electrons. The van der Waals surface area contributed by atoms with Crippen LogP contribution < -0.4 is 0 Å². The minimum absolute atomic E-state index is 0.0386. The lowest BCUT2D eigenvalue weighted by Gasteiger charge is -2.12. The van der Waals surface area contributed by atoms with Crippen LogP contribution >= 0.6 is 15.9 Å². The molecule has 0 amide bonds. The van der Waals surface area contributed by atoms with Crippen molar-refractivity contribution in [2.45, 2.75) is 53.0 Å². The molecule has 2 unspecified atom stereocenters. The molecule has 218 valence electrons. The largest absolute Gasteiger partial charge is 0.387 e. The van der Waals surface area contributed by atoms with Gasteiger partial charge in [0.15, 0.2) is 0 Å². The lowest BCUT2D eigenvalue weighted by Crippen LogP contribution is -2.09. The summed E-state index contributed by atoms with van der Waals surface area (Å²) in [5.74, 6) is 0. The average Bonchev–Trinajstić information content (AvgIpc) is 3.44. The van der Waals surface area contributed by atoms with Crippen LogP contribution in [0.25, 0.3) is 11.1 Å². The number of aliphatic hydroxyl groups excluding tert-OH is 2. The summed E-state index contributed by atoms with van der Waals surface area (Å²) in [5, 5.41) is 40.0. The molecule has 0 bridgehead atoms. The SMILES string of the molecule is Cc1nn(Cc2ccccc2)c(C(C)O)c1-c1ccc([N+](=O)[O-])cc1.Cc1nn(Cc2ccccc2)c(C(C)O)c1Br. The van der Waals surface area contributed by atoms with Gasteiger partial charge in [0.1, 0.15) is 0 Å². The van der Waals surface area contributed by atoms with Crippen molar-refractivity contribution < 1.29 is 15.1 Å². The van der Waals surface area contributed by atoms with Gasteiger partial charge in [-0.3, -0.25) is 19.5 Å². The predicted octanol–water partition coefficient (Wildman–Crippen LogP) is 6.92. The molecular formula is C32H34BrN5O4. The highest BCUT2D eigenvalue weighted by atomic mass is 79.9. The normalized spacial score (nSPS) is 12.4. The summed E-state index contributed by atoms with van der Waals surface area (Å²) in [5.41, 5.74) is 7.13. The Morgan fingerprint density at radius 1 is 0.762 bits per heavy atom. The summed E-state index contributed by atoms with van der Waals surface area (Å²) in [4.78, 5) is 10.4. The molecule has 5 rings (SSSR count). The summed E-state index contributed by atoms with van der Waals surface area (Å²) in [6.45, 7) is 8.49. The summed E-state index contributed by atoms with van der Waals surface area (Å²) >= 11 is 3.47. The van der Waals surface area contributed by atoms with Gasteiger partial charge in [-0.15, -0.1) is 0 Å². The van der Waals surface area contributed by atoms with E-state index in [-0.39, 0.29) is 5.69 Å². The van der Waals surface area contributed by atoms with Gasteiger partial charge in [0.05, 0.1) is 57.5 Å². The van der Waals surface area contributed by atoms with E-state index in [1.807, 2.05) is 67.1 Å². The Morgan fingerprint density at radius 2 is 1.21 bits per heavy atom. The number of aryl methyl sites for hydroxylation is 2. The van der Waals surface area contributed by atoms with E-state index in [9.17, 15) is 20.3 Å². The Kier molecular flexibility index (Phi) is 10.1. The van der Waals surface area contributed by atoms with E-state index in [1.54, 1.807) is 30.7 Å². The van der Waals surface area contributed by atoms with Crippen molar-refractivity contribution >= 4 is 21.6 Å². The minimum atomic E-state index is -0.713. The van der Waals surface area contributed by atoms with Crippen LogP contribution in [0.5, 0.6) is 0 Å². The lowest BCUT2D eigenvalue weighted by atomic mass is 10.0. The zero-order chi connectivity index (χ0) is 30.4. The average molecular weight is 633 g/mol. The van der Waals surface area contributed by atoms with Gasteiger partial charge in [-0.05, 0) is 72.4 Å². The third kappa shape index (κ3) is 7.20. The van der Waals surface area contributed by atoms with Gasteiger partial charge in [0.25, 0.3) is 5.69 Å². The number of nitro groups is 1. The molecule has 10 heteroatoms. The van der Waals surface area contributed by atoms with Crippen LogP contribution in [0.15, 0.2) is 89.4 Å². The van der Waals surface area contributed by atoms with Gasteiger partial charge in [-0.25, -0.2) is 0 Å². The monoisotopic (exact) mass is 631 g/mol. The Balaban J connectivity index is 0.000000208. The van der Waals surface area contributed by atoms with Crippen molar-refractivity contribution in [1.82, 2.24) is 19.6 Å². The van der Waals surface area contributed by atoms with Crippen LogP contribution in [0, 0.1) is 24.0 Å². The number of benzene rings is 3. The van der Waals surface area contributed by atoms with E-state index in [0.717, 1.165) is 38.2 Å². The van der Waals surface area contributed by atoms with Crippen LogP contribution in [-0.2, 0) is 13.1 Å². The molecule has 0 saturated heterocycles. The number of halogens is 1. The molecule has 42 heavy (non-hydrogen) atoms. The van der Waals surface area contributed by atoms with Gasteiger partial charge in [-0.1, -0.05) is 60.7 Å². The molecular weight excluding hydrogens is 598 g/mol. The van der Waals surface area contributed by atoms with Crippen molar-refractivity contribution in [2.75, 3.05) is 0 Å². The van der Waals surface area contributed by atoms with Crippen molar-refractivity contribution in [3.8, 4) is 11.1 Å². The minimum Gasteiger partial charge on any atom is -0.387 e. The molecule has 2 heterocycles. The second kappa shape index (κ2) is 13.7. The summed E-state index contributed by atoms with van der Waals surface area (Å²) in [7, 11) is 0. The Hall–Kier alpha value is -4.12. The third-order valence-corrected chi connectivity index (χ3v) is 7.75. The predicted molar refractivity (Wildman–Crippen MR) is 166 cm³/mol. The maximum absolute atomic E-state index is 10.8. The highest BCUT2D eigenvalue weighted by Gasteiger charge is 2.21. The van der Waals surface area contributed by atoms with Gasteiger partial charge in [0, 0.05) is 17.7 Å². The van der Waals surface area contributed by atoms with Gasteiger partial charge in [-0.2, -0.15) is 10.2 Å². The molecule has 0 fully saturated rings. The first-order valence-electron chi connectivity index (χ1n) is 13.6. The molecule has 2 aromatic heterocycles. The number of non-ortho nitro benzene ring substituents is 1. The number of hydrogen-bond donors (Lipinski definition) is 2. The highest BCUT2D eigenvalue weighted by Crippen LogP contribution is 2.33. The van der Waals surface area contributed by atoms with Crippen molar-refractivity contribution in [3.05, 3.63) is 133 Å². The number of nitro benzene ring substituents is 1. The Labute approximate surface area is 253 Å². The van der Waals surface area contributed by atoms with Gasteiger partial charge < -0.3 is 10.2 Å². The van der Waals surface area contributed by atoms with Crippen LogP contribution in [0.3, 0.4) is 0 Å². The summed E-state index contributed by atoms with van der Waals surface area (Å²) in [6, 6.07) is 26.3. The van der Waals surface area contributed by atoms with E-state index in [4.69, 9.17) is 0 Å². The maximum atomic E-state index is 10.8. The molecule has 0 aliphatic heterocycles. The maximum Gasteiger partial charge on any atom is 0.269 e. The Morgan fingerprint density at radius 3 is 1.67 bits per heavy atom. The fourth-order valence-corrected chi connectivity index (χ4v) is 5.48. The van der Waals surface area contributed by atoms with E-state index in [1.165, 1.54) is 17.7 Å². The second-order valence-electron chi connectivity index (χ2n) is 10.1. The fourth-order valence-electron chi connectivity index (χ4n) is 4.86. The summed E-state index contributed by atoms with van der Waals surface area (Å²) in [6.07, 6.45) is -1.25. The molecule has 5 aromatic rings. The smallest absolute Gasteiger partial charge is 0.269 e. The second-order valence-corrected chi connectivity index (χ2v) is 10.9. The third-order valence-electron chi connectivity index (χ3n) is 6.77. The van der Waals surface area contributed by atoms with Crippen molar-refractivity contribution in [2.24, 2.45) is 0 Å². The van der Waals surface area contributed by atoms with Crippen LogP contribution in [0.4, 0.5) is 5.69 Å². The van der Waals surface area contributed by atoms with Crippen molar-refractivity contribution in [3.63, 3.8) is 0 Å². The number of nitrogens with zero attached hydrogens (tertiary/aromatic N) is 5. The number of rotatable bonds is 8. The van der Waals surface area contributed by atoms with E-state index in [0.29, 0.717) is 18.8 Å². The van der Waals surface area contributed by atoms with E-state index >= 15 is 0 Å². The molecule has 2 atom stereocenters. The molecule has 0 aliphatic carbocycles. The first-order chi connectivity index (χ1) is 20.1. The van der Waals surface area contributed by atoms with E-state index < -0.39 is 17.1 Å². The zero-order valence-corrected chi connectivity index (χ0v) is 25.6. The van der Waals surface area contributed by atoms with Crippen LogP contribution in [-0.4, -0.2) is 34.7 Å². The zero-order valence-electron chi connectivity index (χ0n) is 24.0. The van der Waals surface area contributed by atoms with Crippen LogP contribution in [0.2, 0.25) is 0 Å². The van der Waals surface area contributed by atoms with Gasteiger partial charge in [0.2, 0.25) is 0 Å². The molecule has 9 nitrogen and oxygen atoms in total. The summed E-state index contributed by atoms with van der Waals surface area (Å²) < 4.78 is 4.54. The molecule has 2 N–H and O–H groups in total. The van der Waals surface area contributed by atoms with Crippen molar-refractivity contribution in [1.29, 1.82) is 0 Å². The quantitative estimate of drug-likeness (QED) is 0.142. The standard InChI is InChI=1S/C19H19N3O3.C13H15BrN2O/c1-13-18(16-8-10-17(11-9-16)22(24)25)19(14(2)23)21(20-13)12-15-6-4-3-5-7-15;1-9-12(14)13(10(2)17)16(15-9)8-11-6-4-3-5-7-11/h3-11,14,23H,12H2,1-2H3;3-7,10,17H,8H2,1-2H3. The van der Waals surface area contributed by atoms with Gasteiger partial charge >= 0.3 is 0 Å². The number of aromatic nitrogens is 4.